The van der Waals surface area contributed by atoms with Gasteiger partial charge in [-0.3, -0.25) is 4.79 Å². The fraction of sp³-hybridized carbons (Fsp3) is 0.235. The van der Waals surface area contributed by atoms with Gasteiger partial charge >= 0.3 is 0 Å². The van der Waals surface area contributed by atoms with E-state index in [0.29, 0.717) is 16.5 Å². The van der Waals surface area contributed by atoms with E-state index in [0.717, 1.165) is 11.1 Å². The molecule has 19 heavy (non-hydrogen) atoms. The average molecular weight is 273 g/mol. The first-order chi connectivity index (χ1) is 8.99. The van der Waals surface area contributed by atoms with Crippen LogP contribution in [0.2, 0.25) is 5.02 Å². The molecule has 0 radical (unpaired) electrons. The Kier molecular flexibility index (Phi) is 4.06. The van der Waals surface area contributed by atoms with Gasteiger partial charge in [0.15, 0.2) is 5.78 Å². The molecule has 0 fully saturated rings. The lowest BCUT2D eigenvalue weighted by molar-refractivity contribution is 0.101. The zero-order chi connectivity index (χ0) is 14.0. The summed E-state index contributed by atoms with van der Waals surface area (Å²) in [5.41, 5.74) is 4.03. The number of rotatable bonds is 3. The molecule has 2 aromatic carbocycles. The van der Waals surface area contributed by atoms with Crippen molar-refractivity contribution in [3.63, 3.8) is 0 Å². The Bertz CT molecular complexity index is 597. The highest BCUT2D eigenvalue weighted by molar-refractivity contribution is 6.34. The maximum absolute atomic E-state index is 11.3. The molecule has 0 N–H and O–H groups in total. The second-order valence-corrected chi connectivity index (χ2v) is 5.43. The minimum Gasteiger partial charge on any atom is -0.294 e. The summed E-state index contributed by atoms with van der Waals surface area (Å²) in [4.78, 5) is 11.3. The van der Waals surface area contributed by atoms with Crippen molar-refractivity contribution in [3.8, 4) is 11.1 Å². The first-order valence-corrected chi connectivity index (χ1v) is 6.77. The summed E-state index contributed by atoms with van der Waals surface area (Å²) in [6.07, 6.45) is 0. The summed E-state index contributed by atoms with van der Waals surface area (Å²) >= 11 is 6.14. The largest absolute Gasteiger partial charge is 0.294 e. The van der Waals surface area contributed by atoms with Crippen LogP contribution in [0.4, 0.5) is 0 Å². The molecule has 0 atom stereocenters. The van der Waals surface area contributed by atoms with Crippen LogP contribution < -0.4 is 0 Å². The van der Waals surface area contributed by atoms with E-state index in [9.17, 15) is 4.79 Å². The standard InChI is InChI=1S/C17H17ClO/c1-11(2)13-4-6-14(7-5-13)15-8-9-16(12(3)19)17(18)10-15/h4-11H,1-3H3. The van der Waals surface area contributed by atoms with Crippen molar-refractivity contribution in [3.05, 3.63) is 58.6 Å². The molecule has 0 aliphatic rings. The number of Topliss-reactive ketones (excluding diaryl/α,β-unsaturated/α-hetero) is 1. The number of carbonyl (C=O) groups is 1. The number of hydrogen-bond donors (Lipinski definition) is 0. The lowest BCUT2D eigenvalue weighted by atomic mass is 9.98. The number of hydrogen-bond acceptors (Lipinski definition) is 1. The van der Waals surface area contributed by atoms with E-state index < -0.39 is 0 Å². The van der Waals surface area contributed by atoms with Crippen molar-refractivity contribution >= 4 is 17.4 Å². The van der Waals surface area contributed by atoms with Gasteiger partial charge in [0.25, 0.3) is 0 Å². The van der Waals surface area contributed by atoms with Gasteiger partial charge in [-0.05, 0) is 41.7 Å². The summed E-state index contributed by atoms with van der Waals surface area (Å²) < 4.78 is 0. The summed E-state index contributed by atoms with van der Waals surface area (Å²) in [5, 5.41) is 0.512. The first-order valence-electron chi connectivity index (χ1n) is 6.40. The molecule has 98 valence electrons. The van der Waals surface area contributed by atoms with Crippen molar-refractivity contribution in [2.24, 2.45) is 0 Å². The van der Waals surface area contributed by atoms with Crippen LogP contribution in [-0.2, 0) is 0 Å². The molecule has 2 aromatic rings. The normalized spacial score (nSPS) is 10.8. The maximum atomic E-state index is 11.3. The predicted octanol–water partition coefficient (Wildman–Crippen LogP) is 5.33. The van der Waals surface area contributed by atoms with Crippen LogP contribution in [0.3, 0.4) is 0 Å². The van der Waals surface area contributed by atoms with E-state index in [-0.39, 0.29) is 5.78 Å². The molecule has 1 nitrogen and oxygen atoms in total. The second-order valence-electron chi connectivity index (χ2n) is 5.03. The van der Waals surface area contributed by atoms with E-state index in [1.165, 1.54) is 12.5 Å². The fourth-order valence-electron chi connectivity index (χ4n) is 2.04. The van der Waals surface area contributed by atoms with Gasteiger partial charge in [0, 0.05) is 5.56 Å². The number of carbonyl (C=O) groups excluding carboxylic acids is 1. The number of ketones is 1. The topological polar surface area (TPSA) is 17.1 Å². The van der Waals surface area contributed by atoms with Crippen LogP contribution in [0.5, 0.6) is 0 Å². The van der Waals surface area contributed by atoms with Gasteiger partial charge in [-0.15, -0.1) is 0 Å². The fourth-order valence-corrected chi connectivity index (χ4v) is 2.35. The van der Waals surface area contributed by atoms with Crippen LogP contribution >= 0.6 is 11.6 Å². The molecule has 0 heterocycles. The molecule has 0 aliphatic carbocycles. The van der Waals surface area contributed by atoms with Crippen molar-refractivity contribution in [2.75, 3.05) is 0 Å². The Hall–Kier alpha value is -1.60. The summed E-state index contributed by atoms with van der Waals surface area (Å²) in [6, 6.07) is 14.0. The van der Waals surface area contributed by atoms with Gasteiger partial charge < -0.3 is 0 Å². The van der Waals surface area contributed by atoms with Crippen LogP contribution in [-0.4, -0.2) is 5.78 Å². The molecule has 0 saturated heterocycles. The number of benzene rings is 2. The molecular formula is C17H17ClO. The van der Waals surface area contributed by atoms with Gasteiger partial charge in [-0.1, -0.05) is 55.8 Å². The molecule has 0 amide bonds. The molecule has 2 heteroatoms. The lowest BCUT2D eigenvalue weighted by Crippen LogP contribution is -1.93. The maximum Gasteiger partial charge on any atom is 0.161 e. The summed E-state index contributed by atoms with van der Waals surface area (Å²) in [6.45, 7) is 5.87. The average Bonchev–Trinajstić information content (AvgIpc) is 2.38. The van der Waals surface area contributed by atoms with Crippen molar-refractivity contribution < 1.29 is 4.79 Å². The third-order valence-electron chi connectivity index (χ3n) is 3.26. The second kappa shape index (κ2) is 5.58. The SMILES string of the molecule is CC(=O)c1ccc(-c2ccc(C(C)C)cc2)cc1Cl. The van der Waals surface area contributed by atoms with Crippen LogP contribution in [0, 0.1) is 0 Å². The third kappa shape index (κ3) is 3.05. The molecular weight excluding hydrogens is 256 g/mol. The van der Waals surface area contributed by atoms with E-state index in [1.54, 1.807) is 6.07 Å². The molecule has 0 bridgehead atoms. The lowest BCUT2D eigenvalue weighted by Gasteiger charge is -2.08. The quantitative estimate of drug-likeness (QED) is 0.690. The highest BCUT2D eigenvalue weighted by Gasteiger charge is 2.07. The van der Waals surface area contributed by atoms with Crippen molar-refractivity contribution in [2.45, 2.75) is 26.7 Å². The highest BCUT2D eigenvalue weighted by Crippen LogP contribution is 2.27. The zero-order valence-electron chi connectivity index (χ0n) is 11.4. The Morgan fingerprint density at radius 3 is 2.05 bits per heavy atom. The van der Waals surface area contributed by atoms with Gasteiger partial charge in [-0.25, -0.2) is 0 Å². The molecule has 0 aliphatic heterocycles. The van der Waals surface area contributed by atoms with E-state index >= 15 is 0 Å². The molecule has 0 unspecified atom stereocenters. The summed E-state index contributed by atoms with van der Waals surface area (Å²) in [7, 11) is 0. The van der Waals surface area contributed by atoms with Crippen LogP contribution in [0.15, 0.2) is 42.5 Å². The zero-order valence-corrected chi connectivity index (χ0v) is 12.2. The Morgan fingerprint density at radius 1 is 1.00 bits per heavy atom. The number of halogens is 1. The monoisotopic (exact) mass is 272 g/mol. The van der Waals surface area contributed by atoms with Crippen LogP contribution in [0.1, 0.15) is 42.6 Å². The minimum absolute atomic E-state index is 0.00768. The van der Waals surface area contributed by atoms with E-state index in [4.69, 9.17) is 11.6 Å². The van der Waals surface area contributed by atoms with Crippen LogP contribution in [0.25, 0.3) is 11.1 Å². The van der Waals surface area contributed by atoms with Gasteiger partial charge in [0.2, 0.25) is 0 Å². The van der Waals surface area contributed by atoms with Gasteiger partial charge in [0.05, 0.1) is 5.02 Å². The predicted molar refractivity (Wildman–Crippen MR) is 81.0 cm³/mol. The van der Waals surface area contributed by atoms with E-state index in [1.807, 2.05) is 12.1 Å². The molecule has 0 saturated carbocycles. The van der Waals surface area contributed by atoms with Crippen molar-refractivity contribution in [1.82, 2.24) is 0 Å². The molecule has 0 spiro atoms. The van der Waals surface area contributed by atoms with Gasteiger partial charge in [-0.2, -0.15) is 0 Å². The highest BCUT2D eigenvalue weighted by atomic mass is 35.5. The smallest absolute Gasteiger partial charge is 0.161 e. The summed E-state index contributed by atoms with van der Waals surface area (Å²) in [5.74, 6) is 0.518. The molecule has 2 rings (SSSR count). The Labute approximate surface area is 119 Å². The Morgan fingerprint density at radius 2 is 1.58 bits per heavy atom. The van der Waals surface area contributed by atoms with Gasteiger partial charge in [0.1, 0.15) is 0 Å². The Balaban J connectivity index is 2.37. The molecule has 0 aromatic heterocycles. The minimum atomic E-state index is -0.00768. The van der Waals surface area contributed by atoms with Crippen molar-refractivity contribution in [1.29, 1.82) is 0 Å². The van der Waals surface area contributed by atoms with E-state index in [2.05, 4.69) is 38.1 Å². The first kappa shape index (κ1) is 13.8. The third-order valence-corrected chi connectivity index (χ3v) is 3.57.